The number of ether oxygens (including phenoxy) is 1. The fourth-order valence-corrected chi connectivity index (χ4v) is 3.83. The third-order valence-corrected chi connectivity index (χ3v) is 5.48. The van der Waals surface area contributed by atoms with Crippen LogP contribution in [0.5, 0.6) is 0 Å². The van der Waals surface area contributed by atoms with E-state index < -0.39 is 10.0 Å². The molecule has 1 aromatic carbocycles. The van der Waals surface area contributed by atoms with Gasteiger partial charge in [0.1, 0.15) is 10.6 Å². The van der Waals surface area contributed by atoms with Crippen LogP contribution in [-0.4, -0.2) is 50.6 Å². The van der Waals surface area contributed by atoms with Gasteiger partial charge in [0, 0.05) is 38.6 Å². The summed E-state index contributed by atoms with van der Waals surface area (Å²) in [7, 11) is -2.27. The third kappa shape index (κ3) is 3.56. The Morgan fingerprint density at radius 3 is 2.65 bits per heavy atom. The number of sulfonamides is 1. The second-order valence-electron chi connectivity index (χ2n) is 5.83. The van der Waals surface area contributed by atoms with Crippen LogP contribution in [0, 0.1) is 11.3 Å². The minimum Gasteiger partial charge on any atom is -0.383 e. The fourth-order valence-electron chi connectivity index (χ4n) is 2.73. The predicted octanol–water partition coefficient (Wildman–Crippen LogP) is 1.26. The number of nitriles is 1. The molecule has 1 aliphatic rings. The summed E-state index contributed by atoms with van der Waals surface area (Å²) in [5, 5.41) is 8.80. The number of nitrogens with zero attached hydrogens (tertiary/aromatic N) is 3. The van der Waals surface area contributed by atoms with E-state index in [0.717, 1.165) is 0 Å². The van der Waals surface area contributed by atoms with E-state index in [4.69, 9.17) is 10.00 Å². The Morgan fingerprint density at radius 1 is 1.27 bits per heavy atom. The van der Waals surface area contributed by atoms with E-state index in [-0.39, 0.29) is 10.8 Å². The second-order valence-corrected chi connectivity index (χ2v) is 7.52. The zero-order chi connectivity index (χ0) is 18.7. The number of aromatic nitrogens is 1. The normalized spacial score (nSPS) is 14.0. The van der Waals surface area contributed by atoms with Gasteiger partial charge in [-0.1, -0.05) is 0 Å². The largest absolute Gasteiger partial charge is 0.383 e. The van der Waals surface area contributed by atoms with Crippen molar-refractivity contribution in [3.8, 4) is 6.07 Å². The van der Waals surface area contributed by atoms with E-state index in [1.54, 1.807) is 16.6 Å². The van der Waals surface area contributed by atoms with Crippen LogP contribution in [0.15, 0.2) is 41.4 Å². The molecule has 0 atom stereocenters. The first-order valence-electron chi connectivity index (χ1n) is 7.96. The smallest absolute Gasteiger partial charge is 0.270 e. The van der Waals surface area contributed by atoms with Crippen LogP contribution >= 0.6 is 0 Å². The monoisotopic (exact) mass is 374 g/mol. The molecule has 0 saturated carbocycles. The summed E-state index contributed by atoms with van der Waals surface area (Å²) >= 11 is 0. The summed E-state index contributed by atoms with van der Waals surface area (Å²) in [6.07, 6.45) is 1.47. The second kappa shape index (κ2) is 7.19. The highest BCUT2D eigenvalue weighted by Gasteiger charge is 2.28. The molecule has 0 unspecified atom stereocenters. The number of amides is 1. The van der Waals surface area contributed by atoms with Crippen molar-refractivity contribution in [2.75, 3.05) is 31.5 Å². The van der Waals surface area contributed by atoms with E-state index in [9.17, 15) is 13.2 Å². The molecule has 1 amide bonds. The summed E-state index contributed by atoms with van der Waals surface area (Å²) in [6, 6.07) is 9.45. The molecule has 8 nitrogen and oxygen atoms in total. The van der Waals surface area contributed by atoms with Crippen molar-refractivity contribution in [2.45, 2.75) is 11.4 Å². The highest BCUT2D eigenvalue weighted by atomic mass is 32.2. The Bertz CT molecular complexity index is 958. The maximum absolute atomic E-state index is 12.6. The van der Waals surface area contributed by atoms with Crippen LogP contribution in [0.25, 0.3) is 0 Å². The summed E-state index contributed by atoms with van der Waals surface area (Å²) < 4.78 is 34.3. The molecule has 26 heavy (non-hydrogen) atoms. The number of hydrogen-bond acceptors (Lipinski definition) is 5. The molecule has 9 heteroatoms. The summed E-state index contributed by atoms with van der Waals surface area (Å²) in [4.78, 5) is 14.2. The molecule has 0 fully saturated rings. The van der Waals surface area contributed by atoms with Crippen LogP contribution in [-0.2, 0) is 21.3 Å². The molecule has 136 valence electrons. The lowest BCUT2D eigenvalue weighted by Gasteiger charge is -2.27. The van der Waals surface area contributed by atoms with Gasteiger partial charge in [-0.15, -0.1) is 0 Å². The molecule has 0 radical (unpaired) electrons. The zero-order valence-electron chi connectivity index (χ0n) is 14.2. The fraction of sp³-hybridized carbons (Fsp3) is 0.294. The van der Waals surface area contributed by atoms with Crippen LogP contribution in [0.1, 0.15) is 16.1 Å². The topological polar surface area (TPSA) is 104 Å². The molecular formula is C17H18N4O4S. The summed E-state index contributed by atoms with van der Waals surface area (Å²) in [5.74, 6) is -0.215. The average molecular weight is 374 g/mol. The van der Waals surface area contributed by atoms with E-state index in [0.29, 0.717) is 43.2 Å². The Balaban J connectivity index is 1.82. The molecule has 2 heterocycles. The lowest BCUT2D eigenvalue weighted by atomic mass is 10.2. The first-order chi connectivity index (χ1) is 12.4. The van der Waals surface area contributed by atoms with E-state index in [2.05, 4.69) is 4.72 Å². The number of benzene rings is 1. The molecule has 0 saturated heterocycles. The number of methoxy groups -OCH3 is 1. The Labute approximate surface area is 151 Å². The molecule has 2 aromatic rings. The Morgan fingerprint density at radius 2 is 2.00 bits per heavy atom. The van der Waals surface area contributed by atoms with Gasteiger partial charge in [-0.3, -0.25) is 9.52 Å². The first-order valence-corrected chi connectivity index (χ1v) is 9.44. The molecule has 1 N–H and O–H groups in total. The van der Waals surface area contributed by atoms with E-state index in [1.165, 1.54) is 36.5 Å². The van der Waals surface area contributed by atoms with Gasteiger partial charge in [0.2, 0.25) is 0 Å². The molecular weight excluding hydrogens is 356 g/mol. The van der Waals surface area contributed by atoms with Gasteiger partial charge in [-0.25, -0.2) is 8.42 Å². The molecule has 1 aromatic heterocycles. The van der Waals surface area contributed by atoms with Gasteiger partial charge in [0.05, 0.1) is 18.2 Å². The Kier molecular flexibility index (Phi) is 4.97. The minimum absolute atomic E-state index is 0.0267. The maximum atomic E-state index is 12.6. The number of rotatable bonds is 6. The molecule has 0 aliphatic carbocycles. The van der Waals surface area contributed by atoms with Crippen LogP contribution in [0.2, 0.25) is 0 Å². The summed E-state index contributed by atoms with van der Waals surface area (Å²) in [6.45, 7) is 1.92. The minimum atomic E-state index is -3.83. The van der Waals surface area contributed by atoms with Gasteiger partial charge in [-0.2, -0.15) is 5.26 Å². The molecule has 3 rings (SSSR count). The SMILES string of the molecule is COCCN1CCn2cc(S(=O)(=O)Nc3ccc(C#N)cc3)cc2C1=O. The zero-order valence-corrected chi connectivity index (χ0v) is 15.0. The lowest BCUT2D eigenvalue weighted by molar-refractivity contribution is 0.0641. The quantitative estimate of drug-likeness (QED) is 0.820. The molecule has 1 aliphatic heterocycles. The molecule has 0 spiro atoms. The summed E-state index contributed by atoms with van der Waals surface area (Å²) in [5.41, 5.74) is 1.13. The maximum Gasteiger partial charge on any atom is 0.270 e. The number of fused-ring (bicyclic) bond motifs is 1. The van der Waals surface area contributed by atoms with Gasteiger partial charge in [0.15, 0.2) is 0 Å². The average Bonchev–Trinajstić information content (AvgIpc) is 3.08. The number of nitrogens with one attached hydrogen (secondary N) is 1. The highest BCUT2D eigenvalue weighted by molar-refractivity contribution is 7.92. The third-order valence-electron chi connectivity index (χ3n) is 4.13. The number of anilines is 1. The van der Waals surface area contributed by atoms with Crippen LogP contribution in [0.3, 0.4) is 0 Å². The first kappa shape index (κ1) is 18.0. The molecule has 0 bridgehead atoms. The van der Waals surface area contributed by atoms with Crippen LogP contribution in [0.4, 0.5) is 5.69 Å². The van der Waals surface area contributed by atoms with Gasteiger partial charge in [0.25, 0.3) is 15.9 Å². The van der Waals surface area contributed by atoms with Gasteiger partial charge >= 0.3 is 0 Å². The van der Waals surface area contributed by atoms with Crippen molar-refractivity contribution in [3.05, 3.63) is 47.8 Å². The number of carbonyl (C=O) groups excluding carboxylic acids is 1. The van der Waals surface area contributed by atoms with Gasteiger partial charge in [-0.05, 0) is 30.3 Å². The van der Waals surface area contributed by atoms with Crippen molar-refractivity contribution in [1.82, 2.24) is 9.47 Å². The lowest BCUT2D eigenvalue weighted by Crippen LogP contribution is -2.41. The van der Waals surface area contributed by atoms with Crippen LogP contribution < -0.4 is 4.72 Å². The van der Waals surface area contributed by atoms with Crippen molar-refractivity contribution in [2.24, 2.45) is 0 Å². The Hall–Kier alpha value is -2.83. The standard InChI is InChI=1S/C17H18N4O4S/c1-25-9-8-20-6-7-21-12-15(10-16(21)17(20)22)26(23,24)19-14-4-2-13(11-18)3-5-14/h2-5,10,12,19H,6-9H2,1H3. The highest BCUT2D eigenvalue weighted by Crippen LogP contribution is 2.22. The number of hydrogen-bond donors (Lipinski definition) is 1. The van der Waals surface area contributed by atoms with Gasteiger partial charge < -0.3 is 14.2 Å². The van der Waals surface area contributed by atoms with E-state index >= 15 is 0 Å². The van der Waals surface area contributed by atoms with E-state index in [1.807, 2.05) is 6.07 Å². The van der Waals surface area contributed by atoms with Crippen molar-refractivity contribution in [3.63, 3.8) is 0 Å². The van der Waals surface area contributed by atoms with Crippen molar-refractivity contribution >= 4 is 21.6 Å². The predicted molar refractivity (Wildman–Crippen MR) is 94.2 cm³/mol. The number of carbonyl (C=O) groups is 1. The van der Waals surface area contributed by atoms with Crippen molar-refractivity contribution in [1.29, 1.82) is 5.26 Å². The van der Waals surface area contributed by atoms with Crippen molar-refractivity contribution < 1.29 is 17.9 Å².